The zero-order valence-electron chi connectivity index (χ0n) is 14.4. The van der Waals surface area contributed by atoms with Crippen molar-refractivity contribution in [2.24, 2.45) is 0 Å². The van der Waals surface area contributed by atoms with Crippen LogP contribution in [0.25, 0.3) is 0 Å². The highest BCUT2D eigenvalue weighted by Crippen LogP contribution is 2.22. The SMILES string of the molecule is CCN(CC)[C@H]1CCN(C(=O)Nc2cc(NC(C)=O)ccc2F)C1. The van der Waals surface area contributed by atoms with Crippen molar-refractivity contribution in [1.29, 1.82) is 0 Å². The second-order valence-electron chi connectivity index (χ2n) is 5.92. The highest BCUT2D eigenvalue weighted by atomic mass is 19.1. The van der Waals surface area contributed by atoms with Gasteiger partial charge in [-0.15, -0.1) is 0 Å². The Kier molecular flexibility index (Phi) is 6.14. The lowest BCUT2D eigenvalue weighted by atomic mass is 10.2. The number of likely N-dealkylation sites (N-methyl/N-ethyl adjacent to an activating group) is 1. The lowest BCUT2D eigenvalue weighted by Gasteiger charge is -2.26. The average molecular weight is 336 g/mol. The van der Waals surface area contributed by atoms with E-state index in [2.05, 4.69) is 29.4 Å². The van der Waals surface area contributed by atoms with Crippen LogP contribution >= 0.6 is 0 Å². The molecule has 1 aromatic rings. The minimum atomic E-state index is -0.531. The molecule has 0 radical (unpaired) electrons. The van der Waals surface area contributed by atoms with Crippen LogP contribution in [-0.2, 0) is 4.79 Å². The Labute approximate surface area is 142 Å². The van der Waals surface area contributed by atoms with Crippen LogP contribution in [0.1, 0.15) is 27.2 Å². The third-order valence-electron chi connectivity index (χ3n) is 4.31. The zero-order chi connectivity index (χ0) is 17.7. The normalized spacial score (nSPS) is 17.2. The number of carbonyl (C=O) groups excluding carboxylic acids is 2. The molecule has 0 aliphatic carbocycles. The molecule has 0 aromatic heterocycles. The lowest BCUT2D eigenvalue weighted by molar-refractivity contribution is -0.114. The molecule has 1 aromatic carbocycles. The number of urea groups is 1. The largest absolute Gasteiger partial charge is 0.326 e. The molecule has 7 heteroatoms. The Balaban J connectivity index is 2.01. The maximum Gasteiger partial charge on any atom is 0.321 e. The molecule has 0 unspecified atom stereocenters. The molecule has 0 spiro atoms. The summed E-state index contributed by atoms with van der Waals surface area (Å²) in [7, 11) is 0. The molecule has 0 bridgehead atoms. The predicted molar refractivity (Wildman–Crippen MR) is 92.6 cm³/mol. The first-order chi connectivity index (χ1) is 11.4. The third-order valence-corrected chi connectivity index (χ3v) is 4.31. The molecule has 1 aliphatic rings. The number of likely N-dealkylation sites (tertiary alicyclic amines) is 1. The summed E-state index contributed by atoms with van der Waals surface area (Å²) in [6.07, 6.45) is 0.920. The molecule has 132 valence electrons. The van der Waals surface area contributed by atoms with Crippen molar-refractivity contribution < 1.29 is 14.0 Å². The van der Waals surface area contributed by atoms with E-state index in [9.17, 15) is 14.0 Å². The Hall–Kier alpha value is -2.15. The van der Waals surface area contributed by atoms with E-state index in [1.807, 2.05) is 0 Å². The number of hydrogen-bond acceptors (Lipinski definition) is 3. The molecule has 1 saturated heterocycles. The van der Waals surface area contributed by atoms with Crippen LogP contribution in [-0.4, -0.2) is 54.0 Å². The fraction of sp³-hybridized carbons (Fsp3) is 0.529. The van der Waals surface area contributed by atoms with Gasteiger partial charge in [0.05, 0.1) is 5.69 Å². The highest BCUT2D eigenvalue weighted by molar-refractivity contribution is 5.92. The summed E-state index contributed by atoms with van der Waals surface area (Å²) < 4.78 is 13.9. The number of carbonyl (C=O) groups is 2. The number of nitrogens with one attached hydrogen (secondary N) is 2. The minimum absolute atomic E-state index is 0.0672. The van der Waals surface area contributed by atoms with Crippen LogP contribution in [0.5, 0.6) is 0 Å². The van der Waals surface area contributed by atoms with Gasteiger partial charge in [0.25, 0.3) is 0 Å². The third kappa shape index (κ3) is 4.44. The Morgan fingerprint density at radius 3 is 2.62 bits per heavy atom. The Bertz CT molecular complexity index is 604. The maximum absolute atomic E-state index is 13.9. The minimum Gasteiger partial charge on any atom is -0.326 e. The fourth-order valence-corrected chi connectivity index (χ4v) is 3.06. The molecule has 1 fully saturated rings. The molecule has 1 atom stereocenters. The van der Waals surface area contributed by atoms with E-state index < -0.39 is 5.82 Å². The van der Waals surface area contributed by atoms with E-state index in [0.29, 0.717) is 24.8 Å². The quantitative estimate of drug-likeness (QED) is 0.869. The number of amides is 3. The number of benzene rings is 1. The molecule has 1 heterocycles. The van der Waals surface area contributed by atoms with Crippen molar-refractivity contribution in [3.8, 4) is 0 Å². The van der Waals surface area contributed by atoms with Gasteiger partial charge in [0, 0.05) is 31.7 Å². The van der Waals surface area contributed by atoms with Gasteiger partial charge in [-0.05, 0) is 37.7 Å². The number of hydrogen-bond donors (Lipinski definition) is 2. The van der Waals surface area contributed by atoms with E-state index in [-0.39, 0.29) is 17.6 Å². The second kappa shape index (κ2) is 8.10. The predicted octanol–water partition coefficient (Wildman–Crippen LogP) is 2.73. The van der Waals surface area contributed by atoms with Crippen LogP contribution in [0.15, 0.2) is 18.2 Å². The molecule has 3 amide bonds. The summed E-state index contributed by atoms with van der Waals surface area (Å²) in [5.41, 5.74) is 0.513. The second-order valence-corrected chi connectivity index (χ2v) is 5.92. The Morgan fingerprint density at radius 1 is 1.29 bits per heavy atom. The van der Waals surface area contributed by atoms with Gasteiger partial charge in [0.1, 0.15) is 5.82 Å². The first kappa shape index (κ1) is 18.2. The zero-order valence-corrected chi connectivity index (χ0v) is 14.4. The van der Waals surface area contributed by atoms with E-state index in [1.165, 1.54) is 25.1 Å². The maximum atomic E-state index is 13.9. The summed E-state index contributed by atoms with van der Waals surface area (Å²) in [4.78, 5) is 27.5. The van der Waals surface area contributed by atoms with E-state index in [1.54, 1.807) is 4.90 Å². The van der Waals surface area contributed by atoms with Crippen LogP contribution in [0.4, 0.5) is 20.6 Å². The summed E-state index contributed by atoms with van der Waals surface area (Å²) in [6, 6.07) is 4.14. The van der Waals surface area contributed by atoms with Crippen molar-refractivity contribution in [3.05, 3.63) is 24.0 Å². The lowest BCUT2D eigenvalue weighted by Crippen LogP contribution is -2.39. The van der Waals surface area contributed by atoms with Crippen LogP contribution in [0.2, 0.25) is 0 Å². The number of halogens is 1. The monoisotopic (exact) mass is 336 g/mol. The smallest absolute Gasteiger partial charge is 0.321 e. The fourth-order valence-electron chi connectivity index (χ4n) is 3.06. The van der Waals surface area contributed by atoms with Gasteiger partial charge in [-0.25, -0.2) is 9.18 Å². The van der Waals surface area contributed by atoms with Gasteiger partial charge >= 0.3 is 6.03 Å². The topological polar surface area (TPSA) is 64.7 Å². The Morgan fingerprint density at radius 2 is 2.00 bits per heavy atom. The molecule has 0 saturated carbocycles. The number of nitrogens with zero attached hydrogens (tertiary/aromatic N) is 2. The van der Waals surface area contributed by atoms with Crippen molar-refractivity contribution in [1.82, 2.24) is 9.80 Å². The first-order valence-electron chi connectivity index (χ1n) is 8.31. The molecule has 6 nitrogen and oxygen atoms in total. The number of rotatable bonds is 5. The van der Waals surface area contributed by atoms with Gasteiger partial charge in [-0.1, -0.05) is 13.8 Å². The van der Waals surface area contributed by atoms with Gasteiger partial charge in [-0.3, -0.25) is 9.69 Å². The van der Waals surface area contributed by atoms with Crippen molar-refractivity contribution in [2.75, 3.05) is 36.8 Å². The summed E-state index contributed by atoms with van der Waals surface area (Å²) in [6.45, 7) is 8.78. The van der Waals surface area contributed by atoms with Gasteiger partial charge in [0.2, 0.25) is 5.91 Å². The van der Waals surface area contributed by atoms with Crippen LogP contribution in [0, 0.1) is 5.82 Å². The molecular formula is C17H25FN4O2. The molecule has 24 heavy (non-hydrogen) atoms. The summed E-state index contributed by atoms with van der Waals surface area (Å²) in [5.74, 6) is -0.780. The highest BCUT2D eigenvalue weighted by Gasteiger charge is 2.29. The standard InChI is InChI=1S/C17H25FN4O2/c1-4-21(5-2)14-8-9-22(11-14)17(24)20-16-10-13(19-12(3)23)6-7-15(16)18/h6-7,10,14H,4-5,8-9,11H2,1-3H3,(H,19,23)(H,20,24)/t14-/m0/s1. The van der Waals surface area contributed by atoms with E-state index >= 15 is 0 Å². The van der Waals surface area contributed by atoms with Gasteiger partial charge in [0.15, 0.2) is 0 Å². The van der Waals surface area contributed by atoms with Crippen molar-refractivity contribution >= 4 is 23.3 Å². The first-order valence-corrected chi connectivity index (χ1v) is 8.31. The molecule has 2 rings (SSSR count). The van der Waals surface area contributed by atoms with Crippen molar-refractivity contribution in [2.45, 2.75) is 33.2 Å². The molecule has 2 N–H and O–H groups in total. The summed E-state index contributed by atoms with van der Waals surface area (Å²) >= 11 is 0. The van der Waals surface area contributed by atoms with Gasteiger partial charge < -0.3 is 15.5 Å². The molecule has 1 aliphatic heterocycles. The van der Waals surface area contributed by atoms with Crippen molar-refractivity contribution in [3.63, 3.8) is 0 Å². The molecular weight excluding hydrogens is 311 g/mol. The number of anilines is 2. The van der Waals surface area contributed by atoms with E-state index in [4.69, 9.17) is 0 Å². The van der Waals surface area contributed by atoms with Gasteiger partial charge in [-0.2, -0.15) is 0 Å². The van der Waals surface area contributed by atoms with E-state index in [0.717, 1.165) is 19.5 Å². The van der Waals surface area contributed by atoms with Crippen LogP contribution in [0.3, 0.4) is 0 Å². The average Bonchev–Trinajstić information content (AvgIpc) is 3.01. The summed E-state index contributed by atoms with van der Waals surface area (Å²) in [5, 5.41) is 5.18. The van der Waals surface area contributed by atoms with Crippen LogP contribution < -0.4 is 10.6 Å².